The number of hydrogen-bond donors (Lipinski definition) is 3. The van der Waals surface area contributed by atoms with E-state index in [1.807, 2.05) is 0 Å². The minimum Gasteiger partial charge on any atom is -0.508 e. The summed E-state index contributed by atoms with van der Waals surface area (Å²) in [6.07, 6.45) is 2.57. The first-order valence-corrected chi connectivity index (χ1v) is 9.68. The molecule has 3 N–H and O–H groups in total. The highest BCUT2D eigenvalue weighted by Gasteiger charge is 2.34. The maximum atomic E-state index is 12.3. The van der Waals surface area contributed by atoms with Crippen molar-refractivity contribution in [2.75, 3.05) is 5.32 Å². The molecular formula is C17H26N2O4S. The minimum absolute atomic E-state index is 0.0854. The SMILES string of the molecule is CC(C)(C)S(=O)(=O)N[C@H]1CC[C@H](C(=O)Nc2cccc(O)c2)CC1. The average molecular weight is 354 g/mol. The van der Waals surface area contributed by atoms with Gasteiger partial charge in [-0.3, -0.25) is 4.79 Å². The maximum Gasteiger partial charge on any atom is 0.227 e. The van der Waals surface area contributed by atoms with Crippen LogP contribution in [-0.2, 0) is 14.8 Å². The summed E-state index contributed by atoms with van der Waals surface area (Å²) in [5.74, 6) is -0.117. The third-order valence-electron chi connectivity index (χ3n) is 4.34. The van der Waals surface area contributed by atoms with E-state index in [1.165, 1.54) is 6.07 Å². The van der Waals surface area contributed by atoms with E-state index in [2.05, 4.69) is 10.0 Å². The van der Waals surface area contributed by atoms with Crippen molar-refractivity contribution in [3.8, 4) is 5.75 Å². The zero-order valence-corrected chi connectivity index (χ0v) is 15.2. The molecule has 7 heteroatoms. The van der Waals surface area contributed by atoms with Gasteiger partial charge in [0.2, 0.25) is 15.9 Å². The molecule has 1 amide bonds. The summed E-state index contributed by atoms with van der Waals surface area (Å²) in [4.78, 5) is 12.3. The van der Waals surface area contributed by atoms with Crippen molar-refractivity contribution >= 4 is 21.6 Å². The van der Waals surface area contributed by atoms with E-state index in [-0.39, 0.29) is 23.6 Å². The Balaban J connectivity index is 1.87. The molecule has 0 saturated heterocycles. The monoisotopic (exact) mass is 354 g/mol. The highest BCUT2D eigenvalue weighted by molar-refractivity contribution is 7.90. The predicted octanol–water partition coefficient (Wildman–Crippen LogP) is 2.61. The van der Waals surface area contributed by atoms with Gasteiger partial charge in [0.25, 0.3) is 0 Å². The van der Waals surface area contributed by atoms with Crippen molar-refractivity contribution in [1.82, 2.24) is 4.72 Å². The molecule has 6 nitrogen and oxygen atoms in total. The standard InChI is InChI=1S/C17H26N2O4S/c1-17(2,3)24(22,23)19-13-9-7-12(8-10-13)16(21)18-14-5-4-6-15(20)11-14/h4-6,11-13,19-20H,7-10H2,1-3H3,(H,18,21)/t12-,13-. The van der Waals surface area contributed by atoms with E-state index in [1.54, 1.807) is 39.0 Å². The van der Waals surface area contributed by atoms with Crippen molar-refractivity contribution < 1.29 is 18.3 Å². The number of carbonyl (C=O) groups excluding carboxylic acids is 1. The summed E-state index contributed by atoms with van der Waals surface area (Å²) in [5.41, 5.74) is 0.565. The smallest absolute Gasteiger partial charge is 0.227 e. The van der Waals surface area contributed by atoms with Gasteiger partial charge in [-0.2, -0.15) is 0 Å². The Morgan fingerprint density at radius 3 is 2.33 bits per heavy atom. The van der Waals surface area contributed by atoms with E-state index in [0.29, 0.717) is 31.4 Å². The molecule has 0 aromatic heterocycles. The first-order valence-electron chi connectivity index (χ1n) is 8.20. The fourth-order valence-corrected chi connectivity index (χ4v) is 3.73. The first-order chi connectivity index (χ1) is 11.1. The third-order valence-corrected chi connectivity index (χ3v) is 6.60. The fraction of sp³-hybridized carbons (Fsp3) is 0.588. The van der Waals surface area contributed by atoms with Crippen LogP contribution >= 0.6 is 0 Å². The van der Waals surface area contributed by atoms with Crippen LogP contribution in [0, 0.1) is 5.92 Å². The van der Waals surface area contributed by atoms with E-state index in [9.17, 15) is 18.3 Å². The van der Waals surface area contributed by atoms with Crippen molar-refractivity contribution in [2.45, 2.75) is 57.2 Å². The lowest BCUT2D eigenvalue weighted by Crippen LogP contribution is -2.46. The van der Waals surface area contributed by atoms with Gasteiger partial charge in [0.15, 0.2) is 0 Å². The summed E-state index contributed by atoms with van der Waals surface area (Å²) in [6, 6.07) is 6.33. The van der Waals surface area contributed by atoms with E-state index in [4.69, 9.17) is 0 Å². The number of benzene rings is 1. The molecule has 24 heavy (non-hydrogen) atoms. The Kier molecular flexibility index (Phi) is 5.55. The molecule has 0 heterocycles. The number of carbonyl (C=O) groups is 1. The molecule has 0 bridgehead atoms. The van der Waals surface area contributed by atoms with Gasteiger partial charge in [0.1, 0.15) is 5.75 Å². The molecule has 1 fully saturated rings. The Morgan fingerprint density at radius 1 is 1.17 bits per heavy atom. The molecule has 0 aliphatic heterocycles. The Labute approximate surface area is 143 Å². The van der Waals surface area contributed by atoms with Crippen LogP contribution in [0.2, 0.25) is 0 Å². The van der Waals surface area contributed by atoms with Crippen LogP contribution in [0.1, 0.15) is 46.5 Å². The zero-order chi connectivity index (χ0) is 18.0. The fourth-order valence-electron chi connectivity index (χ4n) is 2.70. The number of phenolic OH excluding ortho intramolecular Hbond substituents is 1. The van der Waals surface area contributed by atoms with Crippen LogP contribution in [0.3, 0.4) is 0 Å². The van der Waals surface area contributed by atoms with Gasteiger partial charge in [0, 0.05) is 23.7 Å². The van der Waals surface area contributed by atoms with E-state index in [0.717, 1.165) is 0 Å². The van der Waals surface area contributed by atoms with Gasteiger partial charge < -0.3 is 10.4 Å². The zero-order valence-electron chi connectivity index (χ0n) is 14.4. The third kappa shape index (κ3) is 4.70. The summed E-state index contributed by atoms with van der Waals surface area (Å²) in [6.45, 7) is 5.01. The second kappa shape index (κ2) is 7.11. The topological polar surface area (TPSA) is 95.5 Å². The number of amides is 1. The van der Waals surface area contributed by atoms with Gasteiger partial charge in [-0.15, -0.1) is 0 Å². The summed E-state index contributed by atoms with van der Waals surface area (Å²) >= 11 is 0. The number of nitrogens with one attached hydrogen (secondary N) is 2. The number of aromatic hydroxyl groups is 1. The van der Waals surface area contributed by atoms with Crippen LogP contribution < -0.4 is 10.0 Å². The van der Waals surface area contributed by atoms with Crippen LogP contribution in [0.5, 0.6) is 5.75 Å². The van der Waals surface area contributed by atoms with Gasteiger partial charge in [-0.1, -0.05) is 6.07 Å². The van der Waals surface area contributed by atoms with Gasteiger partial charge in [-0.25, -0.2) is 13.1 Å². The van der Waals surface area contributed by atoms with Crippen LogP contribution in [0.15, 0.2) is 24.3 Å². The molecule has 2 rings (SSSR count). The summed E-state index contributed by atoms with van der Waals surface area (Å²) in [5, 5.41) is 12.2. The normalized spacial score (nSPS) is 22.1. The highest BCUT2D eigenvalue weighted by atomic mass is 32.2. The minimum atomic E-state index is -3.37. The van der Waals surface area contributed by atoms with E-state index < -0.39 is 14.8 Å². The van der Waals surface area contributed by atoms with Crippen molar-refractivity contribution in [2.24, 2.45) is 5.92 Å². The lowest BCUT2D eigenvalue weighted by atomic mass is 9.86. The van der Waals surface area contributed by atoms with Crippen LogP contribution in [-0.4, -0.2) is 30.2 Å². The number of hydrogen-bond acceptors (Lipinski definition) is 4. The summed E-state index contributed by atoms with van der Waals surface area (Å²) in [7, 11) is -3.37. The first kappa shape index (κ1) is 18.7. The quantitative estimate of drug-likeness (QED) is 0.774. The molecule has 0 radical (unpaired) electrons. The second-order valence-electron chi connectivity index (χ2n) is 7.32. The Bertz CT molecular complexity index is 687. The lowest BCUT2D eigenvalue weighted by molar-refractivity contribution is -0.120. The molecular weight excluding hydrogens is 328 g/mol. The van der Waals surface area contributed by atoms with Gasteiger partial charge in [0.05, 0.1) is 4.75 Å². The molecule has 134 valence electrons. The van der Waals surface area contributed by atoms with E-state index >= 15 is 0 Å². The molecule has 1 aliphatic rings. The molecule has 1 aliphatic carbocycles. The number of anilines is 1. The summed E-state index contributed by atoms with van der Waals surface area (Å²) < 4.78 is 26.3. The highest BCUT2D eigenvalue weighted by Crippen LogP contribution is 2.27. The predicted molar refractivity (Wildman–Crippen MR) is 94.3 cm³/mol. The van der Waals surface area contributed by atoms with Crippen LogP contribution in [0.25, 0.3) is 0 Å². The lowest BCUT2D eigenvalue weighted by Gasteiger charge is -2.30. The van der Waals surface area contributed by atoms with Gasteiger partial charge in [-0.05, 0) is 58.6 Å². The maximum absolute atomic E-state index is 12.3. The number of phenols is 1. The number of rotatable bonds is 4. The van der Waals surface area contributed by atoms with Gasteiger partial charge >= 0.3 is 0 Å². The van der Waals surface area contributed by atoms with Crippen molar-refractivity contribution in [1.29, 1.82) is 0 Å². The molecule has 0 spiro atoms. The molecule has 0 atom stereocenters. The second-order valence-corrected chi connectivity index (χ2v) is 9.79. The molecule has 1 saturated carbocycles. The largest absolute Gasteiger partial charge is 0.508 e. The average Bonchev–Trinajstić information content (AvgIpc) is 2.46. The molecule has 1 aromatic rings. The van der Waals surface area contributed by atoms with Crippen LogP contribution in [0.4, 0.5) is 5.69 Å². The Hall–Kier alpha value is -1.60. The number of sulfonamides is 1. The Morgan fingerprint density at radius 2 is 1.79 bits per heavy atom. The molecule has 1 aromatic carbocycles. The molecule has 0 unspecified atom stereocenters. The van der Waals surface area contributed by atoms with Crippen molar-refractivity contribution in [3.63, 3.8) is 0 Å². The van der Waals surface area contributed by atoms with Crippen molar-refractivity contribution in [3.05, 3.63) is 24.3 Å².